The van der Waals surface area contributed by atoms with Crippen LogP contribution in [0.25, 0.3) is 0 Å². The third-order valence-corrected chi connectivity index (χ3v) is 4.29. The van der Waals surface area contributed by atoms with E-state index in [4.69, 9.17) is 11.6 Å². The summed E-state index contributed by atoms with van der Waals surface area (Å²) in [5.74, 6) is 0.680. The highest BCUT2D eigenvalue weighted by Gasteiger charge is 2.28. The van der Waals surface area contributed by atoms with E-state index in [0.29, 0.717) is 17.6 Å². The number of hydrogen-bond acceptors (Lipinski definition) is 3. The Morgan fingerprint density at radius 1 is 1.42 bits per heavy atom. The van der Waals surface area contributed by atoms with E-state index in [2.05, 4.69) is 6.92 Å². The van der Waals surface area contributed by atoms with E-state index in [-0.39, 0.29) is 15.6 Å². The van der Waals surface area contributed by atoms with Gasteiger partial charge in [0.15, 0.2) is 0 Å². The van der Waals surface area contributed by atoms with Gasteiger partial charge in [0.1, 0.15) is 10.7 Å². The van der Waals surface area contributed by atoms with Crippen molar-refractivity contribution < 1.29 is 4.92 Å². The maximum Gasteiger partial charge on any atom is 0.310 e. The SMILES string of the molecule is CC1CCCC(N(C)c2cccc(Cl)c2[N+](=O)[O-])C1. The number of nitro groups is 1. The van der Waals surface area contributed by atoms with Gasteiger partial charge in [-0.15, -0.1) is 0 Å². The van der Waals surface area contributed by atoms with Crippen LogP contribution in [-0.4, -0.2) is 18.0 Å². The van der Waals surface area contributed by atoms with Crippen molar-refractivity contribution in [3.63, 3.8) is 0 Å². The summed E-state index contributed by atoms with van der Waals surface area (Å²) >= 11 is 5.97. The highest BCUT2D eigenvalue weighted by molar-refractivity contribution is 6.33. The van der Waals surface area contributed by atoms with Gasteiger partial charge in [0.25, 0.3) is 0 Å². The summed E-state index contributed by atoms with van der Waals surface area (Å²) in [6, 6.07) is 5.48. The van der Waals surface area contributed by atoms with Crippen LogP contribution in [0.1, 0.15) is 32.6 Å². The molecule has 2 rings (SSSR count). The fourth-order valence-electron chi connectivity index (χ4n) is 2.92. The first-order chi connectivity index (χ1) is 9.00. The predicted octanol–water partition coefficient (Wildman–Crippen LogP) is 4.26. The summed E-state index contributed by atoms with van der Waals surface area (Å²) < 4.78 is 0. The van der Waals surface area contributed by atoms with E-state index < -0.39 is 0 Å². The van der Waals surface area contributed by atoms with Crippen molar-refractivity contribution in [2.24, 2.45) is 5.92 Å². The molecule has 1 fully saturated rings. The van der Waals surface area contributed by atoms with Crippen LogP contribution in [0.4, 0.5) is 11.4 Å². The normalized spacial score (nSPS) is 23.1. The van der Waals surface area contributed by atoms with Gasteiger partial charge in [-0.05, 0) is 30.9 Å². The summed E-state index contributed by atoms with van der Waals surface area (Å²) in [4.78, 5) is 12.8. The summed E-state index contributed by atoms with van der Waals surface area (Å²) in [5.41, 5.74) is 0.640. The van der Waals surface area contributed by atoms with Gasteiger partial charge in [-0.3, -0.25) is 10.1 Å². The topological polar surface area (TPSA) is 46.4 Å². The fraction of sp³-hybridized carbons (Fsp3) is 0.571. The Hall–Kier alpha value is -1.29. The molecule has 1 aromatic carbocycles. The first-order valence-corrected chi connectivity index (χ1v) is 7.04. The second kappa shape index (κ2) is 5.78. The molecule has 0 saturated heterocycles. The van der Waals surface area contributed by atoms with Gasteiger partial charge in [-0.2, -0.15) is 0 Å². The van der Waals surface area contributed by atoms with Crippen LogP contribution in [0.15, 0.2) is 18.2 Å². The number of nitro benzene ring substituents is 1. The molecule has 5 heteroatoms. The molecule has 19 heavy (non-hydrogen) atoms. The van der Waals surface area contributed by atoms with Crippen molar-refractivity contribution in [3.8, 4) is 0 Å². The number of para-hydroxylation sites is 1. The van der Waals surface area contributed by atoms with Crippen molar-refractivity contribution in [1.29, 1.82) is 0 Å². The number of hydrogen-bond donors (Lipinski definition) is 0. The monoisotopic (exact) mass is 282 g/mol. The van der Waals surface area contributed by atoms with E-state index in [9.17, 15) is 10.1 Å². The molecule has 1 aromatic rings. The van der Waals surface area contributed by atoms with E-state index >= 15 is 0 Å². The second-order valence-electron chi connectivity index (χ2n) is 5.40. The van der Waals surface area contributed by atoms with Gasteiger partial charge >= 0.3 is 5.69 Å². The van der Waals surface area contributed by atoms with E-state index in [1.54, 1.807) is 18.2 Å². The summed E-state index contributed by atoms with van der Waals surface area (Å²) in [7, 11) is 1.93. The lowest BCUT2D eigenvalue weighted by Gasteiger charge is -2.35. The van der Waals surface area contributed by atoms with Crippen molar-refractivity contribution in [3.05, 3.63) is 33.3 Å². The Bertz CT molecular complexity index is 479. The van der Waals surface area contributed by atoms with E-state index in [1.807, 2.05) is 11.9 Å². The number of rotatable bonds is 3. The number of anilines is 1. The summed E-state index contributed by atoms with van der Waals surface area (Å²) in [6.45, 7) is 2.24. The lowest BCUT2D eigenvalue weighted by Crippen LogP contribution is -2.35. The number of halogens is 1. The third kappa shape index (κ3) is 3.00. The standard InChI is InChI=1S/C14H19ClN2O2/c1-10-5-3-6-11(9-10)16(2)13-8-4-7-12(15)14(13)17(18)19/h4,7-8,10-11H,3,5-6,9H2,1-2H3. The minimum atomic E-state index is -0.388. The van der Waals surface area contributed by atoms with Crippen molar-refractivity contribution in [1.82, 2.24) is 0 Å². The second-order valence-corrected chi connectivity index (χ2v) is 5.81. The van der Waals surface area contributed by atoms with Crippen molar-refractivity contribution in [2.45, 2.75) is 38.6 Å². The minimum Gasteiger partial charge on any atom is -0.366 e. The van der Waals surface area contributed by atoms with Crippen LogP contribution in [0.2, 0.25) is 5.02 Å². The largest absolute Gasteiger partial charge is 0.366 e. The van der Waals surface area contributed by atoms with Gasteiger partial charge in [-0.25, -0.2) is 0 Å². The molecule has 0 N–H and O–H groups in total. The van der Waals surface area contributed by atoms with Crippen molar-refractivity contribution >= 4 is 23.0 Å². The third-order valence-electron chi connectivity index (χ3n) is 3.98. The first kappa shape index (κ1) is 14.1. The van der Waals surface area contributed by atoms with Gasteiger partial charge in [0.05, 0.1) is 4.92 Å². The number of benzene rings is 1. The Kier molecular flexibility index (Phi) is 4.30. The average molecular weight is 283 g/mol. The molecule has 1 aliphatic rings. The Morgan fingerprint density at radius 3 is 2.79 bits per heavy atom. The van der Waals surface area contributed by atoms with Gasteiger partial charge in [0.2, 0.25) is 0 Å². The van der Waals surface area contributed by atoms with Crippen LogP contribution >= 0.6 is 11.6 Å². The van der Waals surface area contributed by atoms with Crippen LogP contribution < -0.4 is 4.90 Å². The zero-order valence-corrected chi connectivity index (χ0v) is 12.1. The molecule has 1 aliphatic carbocycles. The molecule has 2 unspecified atom stereocenters. The molecule has 104 valence electrons. The predicted molar refractivity (Wildman–Crippen MR) is 77.9 cm³/mol. The summed E-state index contributed by atoms with van der Waals surface area (Å²) in [5, 5.41) is 11.4. The molecule has 0 amide bonds. The zero-order valence-electron chi connectivity index (χ0n) is 11.3. The van der Waals surface area contributed by atoms with Gasteiger partial charge in [0, 0.05) is 13.1 Å². The molecular weight excluding hydrogens is 264 g/mol. The first-order valence-electron chi connectivity index (χ1n) is 6.66. The maximum absolute atomic E-state index is 11.2. The number of nitrogens with zero attached hydrogens (tertiary/aromatic N) is 2. The molecule has 1 saturated carbocycles. The molecule has 0 aromatic heterocycles. The fourth-order valence-corrected chi connectivity index (χ4v) is 3.16. The van der Waals surface area contributed by atoms with E-state index in [0.717, 1.165) is 12.8 Å². The van der Waals surface area contributed by atoms with Gasteiger partial charge < -0.3 is 4.90 Å². The van der Waals surface area contributed by atoms with Crippen LogP contribution in [-0.2, 0) is 0 Å². The van der Waals surface area contributed by atoms with E-state index in [1.165, 1.54) is 12.8 Å². The highest BCUT2D eigenvalue weighted by Crippen LogP contribution is 2.38. The minimum absolute atomic E-state index is 0.0184. The molecule has 0 aliphatic heterocycles. The van der Waals surface area contributed by atoms with Gasteiger partial charge in [-0.1, -0.05) is 37.4 Å². The van der Waals surface area contributed by atoms with Crippen LogP contribution in [0, 0.1) is 16.0 Å². The lowest BCUT2D eigenvalue weighted by molar-refractivity contribution is -0.384. The van der Waals surface area contributed by atoms with Crippen LogP contribution in [0.3, 0.4) is 0 Å². The Balaban J connectivity index is 2.30. The molecule has 0 bridgehead atoms. The molecule has 2 atom stereocenters. The lowest BCUT2D eigenvalue weighted by atomic mass is 9.86. The molecular formula is C14H19ClN2O2. The molecule has 0 heterocycles. The maximum atomic E-state index is 11.2. The zero-order chi connectivity index (χ0) is 14.0. The average Bonchev–Trinajstić information content (AvgIpc) is 2.37. The van der Waals surface area contributed by atoms with Crippen LogP contribution in [0.5, 0.6) is 0 Å². The highest BCUT2D eigenvalue weighted by atomic mass is 35.5. The summed E-state index contributed by atoms with van der Waals surface area (Å²) in [6.07, 6.45) is 4.61. The molecule has 0 spiro atoms. The smallest absolute Gasteiger partial charge is 0.310 e. The Labute approximate surface area is 118 Å². The molecule has 4 nitrogen and oxygen atoms in total. The molecule has 0 radical (unpaired) electrons. The Morgan fingerprint density at radius 2 is 2.16 bits per heavy atom. The quantitative estimate of drug-likeness (QED) is 0.614. The van der Waals surface area contributed by atoms with Crippen molar-refractivity contribution in [2.75, 3.05) is 11.9 Å².